The first kappa shape index (κ1) is 20.2. The van der Waals surface area contributed by atoms with E-state index in [0.29, 0.717) is 37.7 Å². The number of carbonyl (C=O) groups is 1. The predicted octanol–water partition coefficient (Wildman–Crippen LogP) is 3.14. The summed E-state index contributed by atoms with van der Waals surface area (Å²) in [6, 6.07) is 13.4. The Balaban J connectivity index is 0.00000243. The van der Waals surface area contributed by atoms with E-state index in [0.717, 1.165) is 12.1 Å². The van der Waals surface area contributed by atoms with Crippen LogP contribution in [0.5, 0.6) is 5.75 Å². The molecule has 0 aliphatic carbocycles. The number of anilines is 1. The van der Waals surface area contributed by atoms with E-state index in [1.807, 2.05) is 18.2 Å². The van der Waals surface area contributed by atoms with Crippen molar-refractivity contribution < 1.29 is 18.7 Å². The van der Waals surface area contributed by atoms with Crippen molar-refractivity contribution in [3.63, 3.8) is 0 Å². The molecule has 1 atom stereocenters. The number of carbonyl (C=O) groups excluding carboxylic acids is 1. The molecule has 3 rings (SSSR count). The molecule has 0 spiro atoms. The third kappa shape index (κ3) is 6.29. The molecule has 1 aliphatic rings. The Morgan fingerprint density at radius 1 is 1.27 bits per heavy atom. The molecule has 0 radical (unpaired) electrons. The highest BCUT2D eigenvalue weighted by Gasteiger charge is 2.16. The molecule has 0 bridgehead atoms. The van der Waals surface area contributed by atoms with E-state index in [1.165, 1.54) is 12.1 Å². The second kappa shape index (κ2) is 10.1. The number of ether oxygens (including phenoxy) is 2. The van der Waals surface area contributed by atoms with E-state index in [1.54, 1.807) is 18.2 Å². The highest BCUT2D eigenvalue weighted by molar-refractivity contribution is 5.91. The summed E-state index contributed by atoms with van der Waals surface area (Å²) >= 11 is 0. The van der Waals surface area contributed by atoms with E-state index in [4.69, 9.17) is 9.47 Å². The molecule has 5 nitrogen and oxygen atoms in total. The smallest absolute Gasteiger partial charge is 0.226 e. The van der Waals surface area contributed by atoms with Crippen LogP contribution in [0.25, 0.3) is 0 Å². The molecule has 1 amide bonds. The van der Waals surface area contributed by atoms with E-state index < -0.39 is 0 Å². The molecule has 1 saturated heterocycles. The van der Waals surface area contributed by atoms with Crippen molar-refractivity contribution in [2.75, 3.05) is 25.1 Å². The summed E-state index contributed by atoms with van der Waals surface area (Å²) in [5.41, 5.74) is 1.55. The average Bonchev–Trinajstić information content (AvgIpc) is 2.62. The van der Waals surface area contributed by atoms with Crippen LogP contribution in [0.3, 0.4) is 0 Å². The molecule has 0 aromatic heterocycles. The highest BCUT2D eigenvalue weighted by atomic mass is 35.5. The van der Waals surface area contributed by atoms with Gasteiger partial charge in [-0.05, 0) is 29.8 Å². The molecular weight excluding hydrogens is 359 g/mol. The molecule has 140 valence electrons. The minimum absolute atomic E-state index is 0. The van der Waals surface area contributed by atoms with E-state index >= 15 is 0 Å². The van der Waals surface area contributed by atoms with Crippen LogP contribution >= 0.6 is 12.4 Å². The molecule has 2 aromatic rings. The Morgan fingerprint density at radius 2 is 2.08 bits per heavy atom. The lowest BCUT2D eigenvalue weighted by Crippen LogP contribution is -2.43. The fourth-order valence-corrected chi connectivity index (χ4v) is 2.60. The molecule has 1 aliphatic heterocycles. The third-order valence-electron chi connectivity index (χ3n) is 3.87. The number of morpholine rings is 1. The maximum absolute atomic E-state index is 12.9. The monoisotopic (exact) mass is 380 g/mol. The Labute approximate surface area is 158 Å². The number of hydrogen-bond acceptors (Lipinski definition) is 4. The molecule has 1 fully saturated rings. The zero-order valence-electron chi connectivity index (χ0n) is 14.2. The van der Waals surface area contributed by atoms with Crippen LogP contribution in [0.1, 0.15) is 12.0 Å². The van der Waals surface area contributed by atoms with Gasteiger partial charge in [-0.3, -0.25) is 4.79 Å². The van der Waals surface area contributed by atoms with Gasteiger partial charge in [-0.2, -0.15) is 0 Å². The molecule has 2 N–H and O–H groups in total. The number of halogens is 2. The van der Waals surface area contributed by atoms with Crippen LogP contribution in [0.2, 0.25) is 0 Å². The lowest BCUT2D eigenvalue weighted by Gasteiger charge is -2.23. The minimum atomic E-state index is -0.272. The lowest BCUT2D eigenvalue weighted by atomic mass is 10.2. The predicted molar refractivity (Wildman–Crippen MR) is 100 cm³/mol. The quantitative estimate of drug-likeness (QED) is 0.808. The van der Waals surface area contributed by atoms with Crippen LogP contribution in [-0.2, 0) is 16.1 Å². The zero-order chi connectivity index (χ0) is 17.5. The molecular formula is C19H22ClFN2O3. The summed E-state index contributed by atoms with van der Waals surface area (Å²) in [5.74, 6) is 0.297. The molecule has 2 aromatic carbocycles. The van der Waals surface area contributed by atoms with Gasteiger partial charge < -0.3 is 20.1 Å². The first-order valence-corrected chi connectivity index (χ1v) is 8.27. The number of nitrogens with one attached hydrogen (secondary N) is 2. The Hall–Kier alpha value is -2.15. The van der Waals surface area contributed by atoms with Gasteiger partial charge in [0.25, 0.3) is 0 Å². The van der Waals surface area contributed by atoms with Gasteiger partial charge >= 0.3 is 0 Å². The SMILES string of the molecule is Cl.O=C(CC1COCCN1)Nc1cccc(OCc2ccc(F)cc2)c1. The van der Waals surface area contributed by atoms with E-state index in [9.17, 15) is 9.18 Å². The Bertz CT molecular complexity index is 706. The van der Waals surface area contributed by atoms with Gasteiger partial charge in [-0.25, -0.2) is 4.39 Å². The summed E-state index contributed by atoms with van der Waals surface area (Å²) in [6.07, 6.45) is 0.362. The average molecular weight is 381 g/mol. The van der Waals surface area contributed by atoms with Crippen LogP contribution in [-0.4, -0.2) is 31.7 Å². The second-order valence-corrected chi connectivity index (χ2v) is 5.92. The second-order valence-electron chi connectivity index (χ2n) is 5.92. The van der Waals surface area contributed by atoms with Gasteiger partial charge in [0.1, 0.15) is 18.2 Å². The molecule has 1 unspecified atom stereocenters. The summed E-state index contributed by atoms with van der Waals surface area (Å²) in [4.78, 5) is 12.1. The summed E-state index contributed by atoms with van der Waals surface area (Å²) in [6.45, 7) is 2.34. The fourth-order valence-electron chi connectivity index (χ4n) is 2.60. The molecule has 1 heterocycles. The van der Waals surface area contributed by atoms with Crippen molar-refractivity contribution in [3.05, 3.63) is 59.9 Å². The van der Waals surface area contributed by atoms with E-state index in [2.05, 4.69) is 10.6 Å². The van der Waals surface area contributed by atoms with Crippen LogP contribution in [0.15, 0.2) is 48.5 Å². The van der Waals surface area contributed by atoms with Crippen LogP contribution in [0.4, 0.5) is 10.1 Å². The Morgan fingerprint density at radius 3 is 2.81 bits per heavy atom. The Kier molecular flexibility index (Phi) is 7.84. The summed E-state index contributed by atoms with van der Waals surface area (Å²) in [7, 11) is 0. The van der Waals surface area contributed by atoms with Crippen molar-refractivity contribution in [1.82, 2.24) is 5.32 Å². The van der Waals surface area contributed by atoms with Crippen molar-refractivity contribution in [3.8, 4) is 5.75 Å². The number of rotatable bonds is 6. The van der Waals surface area contributed by atoms with Gasteiger partial charge in [0.05, 0.1) is 13.2 Å². The van der Waals surface area contributed by atoms with E-state index in [-0.39, 0.29) is 30.2 Å². The fraction of sp³-hybridized carbons (Fsp3) is 0.316. The lowest BCUT2D eigenvalue weighted by molar-refractivity contribution is -0.117. The zero-order valence-corrected chi connectivity index (χ0v) is 15.1. The van der Waals surface area contributed by atoms with Crippen molar-refractivity contribution >= 4 is 24.0 Å². The van der Waals surface area contributed by atoms with Gasteiger partial charge in [-0.1, -0.05) is 18.2 Å². The maximum atomic E-state index is 12.9. The largest absolute Gasteiger partial charge is 0.489 e. The highest BCUT2D eigenvalue weighted by Crippen LogP contribution is 2.19. The number of hydrogen-bond donors (Lipinski definition) is 2. The normalized spacial score (nSPS) is 16.4. The maximum Gasteiger partial charge on any atom is 0.226 e. The first-order valence-electron chi connectivity index (χ1n) is 8.27. The van der Waals surface area contributed by atoms with Gasteiger partial charge in [0, 0.05) is 30.8 Å². The summed E-state index contributed by atoms with van der Waals surface area (Å²) < 4.78 is 23.9. The summed E-state index contributed by atoms with van der Waals surface area (Å²) in [5, 5.41) is 6.12. The van der Waals surface area contributed by atoms with Gasteiger partial charge in [0.15, 0.2) is 0 Å². The van der Waals surface area contributed by atoms with Crippen molar-refractivity contribution in [2.45, 2.75) is 19.1 Å². The van der Waals surface area contributed by atoms with Gasteiger partial charge in [0.2, 0.25) is 5.91 Å². The standard InChI is InChI=1S/C19H21FN2O3.ClH/c20-15-6-4-14(5-7-15)12-25-18-3-1-2-16(10-18)22-19(23)11-17-13-24-9-8-21-17;/h1-7,10,17,21H,8-9,11-13H2,(H,22,23);1H. The van der Waals surface area contributed by atoms with Crippen molar-refractivity contribution in [1.29, 1.82) is 0 Å². The van der Waals surface area contributed by atoms with Crippen LogP contribution < -0.4 is 15.4 Å². The number of amides is 1. The molecule has 0 saturated carbocycles. The molecule has 7 heteroatoms. The first-order chi connectivity index (χ1) is 12.2. The van der Waals surface area contributed by atoms with Gasteiger partial charge in [-0.15, -0.1) is 12.4 Å². The topological polar surface area (TPSA) is 59.6 Å². The number of benzene rings is 2. The van der Waals surface area contributed by atoms with Crippen LogP contribution in [0, 0.1) is 5.82 Å². The third-order valence-corrected chi connectivity index (χ3v) is 3.87. The van der Waals surface area contributed by atoms with Crippen molar-refractivity contribution in [2.24, 2.45) is 0 Å². The minimum Gasteiger partial charge on any atom is -0.489 e. The molecule has 26 heavy (non-hydrogen) atoms.